The highest BCUT2D eigenvalue weighted by Gasteiger charge is 2.34. The molecular weight excluding hydrogens is 240 g/mol. The van der Waals surface area contributed by atoms with Crippen LogP contribution >= 0.6 is 0 Å². The van der Waals surface area contributed by atoms with Gasteiger partial charge in [-0.2, -0.15) is 0 Å². The molecular formula is C15H28N2O2. The number of aliphatic hydroxyl groups is 1. The molecule has 19 heavy (non-hydrogen) atoms. The molecule has 4 nitrogen and oxygen atoms in total. The van der Waals surface area contributed by atoms with Crippen molar-refractivity contribution in [3.05, 3.63) is 0 Å². The first-order valence-electron chi connectivity index (χ1n) is 7.57. The molecule has 1 aliphatic heterocycles. The lowest BCUT2D eigenvalue weighted by Gasteiger charge is -2.40. The number of likely N-dealkylation sites (tertiary alicyclic amines) is 1. The van der Waals surface area contributed by atoms with Gasteiger partial charge in [-0.3, -0.25) is 0 Å². The summed E-state index contributed by atoms with van der Waals surface area (Å²) in [5.41, 5.74) is 0.413. The summed E-state index contributed by atoms with van der Waals surface area (Å²) >= 11 is 0. The van der Waals surface area contributed by atoms with Gasteiger partial charge in [-0.1, -0.05) is 20.8 Å². The first kappa shape index (κ1) is 14.6. The van der Waals surface area contributed by atoms with Crippen molar-refractivity contribution in [1.29, 1.82) is 0 Å². The molecule has 1 saturated carbocycles. The maximum absolute atomic E-state index is 12.2. The smallest absolute Gasteiger partial charge is 0.317 e. The summed E-state index contributed by atoms with van der Waals surface area (Å²) in [5.74, 6) is 0.817. The van der Waals surface area contributed by atoms with Gasteiger partial charge in [-0.25, -0.2) is 4.79 Å². The zero-order valence-corrected chi connectivity index (χ0v) is 12.5. The maximum Gasteiger partial charge on any atom is 0.317 e. The second-order valence-electron chi connectivity index (χ2n) is 7.22. The van der Waals surface area contributed by atoms with Crippen molar-refractivity contribution in [2.75, 3.05) is 19.7 Å². The summed E-state index contributed by atoms with van der Waals surface area (Å²) < 4.78 is 0. The number of urea groups is 1. The molecule has 4 heteroatoms. The van der Waals surface area contributed by atoms with E-state index < -0.39 is 0 Å². The molecule has 3 unspecified atom stereocenters. The van der Waals surface area contributed by atoms with E-state index in [1.54, 1.807) is 0 Å². The van der Waals surface area contributed by atoms with Crippen LogP contribution in [0, 0.1) is 17.3 Å². The molecule has 0 spiro atoms. The van der Waals surface area contributed by atoms with E-state index in [0.29, 0.717) is 23.9 Å². The monoisotopic (exact) mass is 268 g/mol. The van der Waals surface area contributed by atoms with Crippen LogP contribution in [-0.4, -0.2) is 41.8 Å². The van der Waals surface area contributed by atoms with Crippen LogP contribution in [0.15, 0.2) is 0 Å². The molecule has 0 aromatic carbocycles. The van der Waals surface area contributed by atoms with Crippen molar-refractivity contribution in [3.8, 4) is 0 Å². The summed E-state index contributed by atoms with van der Waals surface area (Å²) in [4.78, 5) is 14.1. The van der Waals surface area contributed by atoms with Gasteiger partial charge in [0.2, 0.25) is 0 Å². The highest BCUT2D eigenvalue weighted by Crippen LogP contribution is 2.38. The zero-order chi connectivity index (χ0) is 14.0. The van der Waals surface area contributed by atoms with E-state index in [1.807, 2.05) is 4.90 Å². The van der Waals surface area contributed by atoms with Gasteiger partial charge in [0.1, 0.15) is 0 Å². The van der Waals surface area contributed by atoms with Crippen molar-refractivity contribution in [2.45, 2.75) is 52.5 Å². The van der Waals surface area contributed by atoms with Crippen molar-refractivity contribution in [1.82, 2.24) is 10.2 Å². The van der Waals surface area contributed by atoms with Crippen LogP contribution in [0.5, 0.6) is 0 Å². The largest absolute Gasteiger partial charge is 0.396 e. The van der Waals surface area contributed by atoms with E-state index in [9.17, 15) is 4.79 Å². The van der Waals surface area contributed by atoms with Gasteiger partial charge in [-0.15, -0.1) is 0 Å². The number of amides is 2. The topological polar surface area (TPSA) is 52.6 Å². The Morgan fingerprint density at radius 3 is 2.74 bits per heavy atom. The molecule has 0 bridgehead atoms. The Hall–Kier alpha value is -0.770. The highest BCUT2D eigenvalue weighted by atomic mass is 16.3. The Labute approximate surface area is 116 Å². The fourth-order valence-electron chi connectivity index (χ4n) is 3.58. The number of aliphatic hydroxyl groups excluding tert-OH is 1. The molecule has 1 heterocycles. The standard InChI is InChI=1S/C15H28N2O2/c1-11-8-15(2,3)6-4-13(11)16-14(19)17-7-5-12(9-17)10-18/h11-13,18H,4-10H2,1-3H3,(H,16,19). The van der Waals surface area contributed by atoms with Crippen molar-refractivity contribution in [3.63, 3.8) is 0 Å². The molecule has 0 aromatic rings. The molecule has 2 rings (SSSR count). The Bertz CT molecular complexity index is 330. The fourth-order valence-corrected chi connectivity index (χ4v) is 3.58. The number of carbonyl (C=O) groups excluding carboxylic acids is 1. The van der Waals surface area contributed by atoms with Crippen molar-refractivity contribution < 1.29 is 9.90 Å². The van der Waals surface area contributed by atoms with E-state index >= 15 is 0 Å². The SMILES string of the molecule is CC1CC(C)(C)CCC1NC(=O)N1CCC(CO)C1. The quantitative estimate of drug-likeness (QED) is 0.807. The van der Waals surface area contributed by atoms with Crippen LogP contribution in [0.2, 0.25) is 0 Å². The minimum atomic E-state index is 0.0625. The van der Waals surface area contributed by atoms with Gasteiger partial charge < -0.3 is 15.3 Å². The molecule has 1 aliphatic carbocycles. The molecule has 2 fully saturated rings. The third-order valence-electron chi connectivity index (χ3n) is 4.83. The molecule has 2 N–H and O–H groups in total. The lowest BCUT2D eigenvalue weighted by molar-refractivity contribution is 0.141. The first-order valence-corrected chi connectivity index (χ1v) is 7.57. The van der Waals surface area contributed by atoms with Crippen LogP contribution in [0.25, 0.3) is 0 Å². The van der Waals surface area contributed by atoms with Crippen LogP contribution in [0.4, 0.5) is 4.79 Å². The molecule has 2 aliphatic rings. The molecule has 1 saturated heterocycles. The molecule has 2 amide bonds. The predicted molar refractivity (Wildman–Crippen MR) is 75.9 cm³/mol. The number of carbonyl (C=O) groups is 1. The summed E-state index contributed by atoms with van der Waals surface area (Å²) in [6, 6.07) is 0.376. The second-order valence-corrected chi connectivity index (χ2v) is 7.22. The van der Waals surface area contributed by atoms with E-state index in [1.165, 1.54) is 12.8 Å². The van der Waals surface area contributed by atoms with E-state index in [-0.39, 0.29) is 18.6 Å². The van der Waals surface area contributed by atoms with Crippen LogP contribution in [-0.2, 0) is 0 Å². The maximum atomic E-state index is 12.2. The van der Waals surface area contributed by atoms with E-state index in [4.69, 9.17) is 5.11 Å². The third kappa shape index (κ3) is 3.62. The van der Waals surface area contributed by atoms with Crippen LogP contribution in [0.1, 0.15) is 46.5 Å². The first-order chi connectivity index (χ1) is 8.91. The van der Waals surface area contributed by atoms with Gasteiger partial charge in [-0.05, 0) is 37.0 Å². The summed E-state index contributed by atoms with van der Waals surface area (Å²) in [7, 11) is 0. The Balaban J connectivity index is 1.83. The normalized spacial score (nSPS) is 34.3. The number of hydrogen-bond donors (Lipinski definition) is 2. The lowest BCUT2D eigenvalue weighted by Crippen LogP contribution is -2.49. The lowest BCUT2D eigenvalue weighted by atomic mass is 9.70. The second kappa shape index (κ2) is 5.70. The van der Waals surface area contributed by atoms with Gasteiger partial charge in [0, 0.05) is 31.7 Å². The predicted octanol–water partition coefficient (Wildman–Crippen LogP) is 2.23. The van der Waals surface area contributed by atoms with Crippen LogP contribution in [0.3, 0.4) is 0 Å². The van der Waals surface area contributed by atoms with E-state index in [2.05, 4.69) is 26.1 Å². The number of hydrogen-bond acceptors (Lipinski definition) is 2. The average Bonchev–Trinajstić information content (AvgIpc) is 2.81. The third-order valence-corrected chi connectivity index (χ3v) is 4.83. The van der Waals surface area contributed by atoms with Gasteiger partial charge in [0.15, 0.2) is 0 Å². The Morgan fingerprint density at radius 1 is 1.42 bits per heavy atom. The number of rotatable bonds is 2. The molecule has 3 atom stereocenters. The van der Waals surface area contributed by atoms with Gasteiger partial charge in [0.05, 0.1) is 0 Å². The minimum absolute atomic E-state index is 0.0625. The fraction of sp³-hybridized carbons (Fsp3) is 0.933. The summed E-state index contributed by atoms with van der Waals surface area (Å²) in [6.45, 7) is 8.55. The van der Waals surface area contributed by atoms with Crippen LogP contribution < -0.4 is 5.32 Å². The molecule has 0 aromatic heterocycles. The Kier molecular flexibility index (Phi) is 4.39. The molecule has 0 radical (unpaired) electrons. The minimum Gasteiger partial charge on any atom is -0.396 e. The number of nitrogens with one attached hydrogen (secondary N) is 1. The summed E-state index contributed by atoms with van der Waals surface area (Å²) in [6.07, 6.45) is 4.37. The summed E-state index contributed by atoms with van der Waals surface area (Å²) in [5, 5.41) is 12.3. The highest BCUT2D eigenvalue weighted by molar-refractivity contribution is 5.74. The van der Waals surface area contributed by atoms with Crippen molar-refractivity contribution in [2.24, 2.45) is 17.3 Å². The average molecular weight is 268 g/mol. The van der Waals surface area contributed by atoms with E-state index in [0.717, 1.165) is 19.4 Å². The van der Waals surface area contributed by atoms with Gasteiger partial charge in [0.25, 0.3) is 0 Å². The Morgan fingerprint density at radius 2 is 2.16 bits per heavy atom. The van der Waals surface area contributed by atoms with Gasteiger partial charge >= 0.3 is 6.03 Å². The van der Waals surface area contributed by atoms with Crippen molar-refractivity contribution >= 4 is 6.03 Å². The molecule has 110 valence electrons. The number of nitrogens with zero attached hydrogens (tertiary/aromatic N) is 1. The zero-order valence-electron chi connectivity index (χ0n) is 12.5.